The van der Waals surface area contributed by atoms with Crippen LogP contribution in [0.2, 0.25) is 0 Å². The number of nitrogens with zero attached hydrogens (tertiary/aromatic N) is 4. The van der Waals surface area contributed by atoms with Crippen LogP contribution in [0.25, 0.3) is 127 Å². The molecule has 5 nitrogen and oxygen atoms in total. The molecule has 0 atom stereocenters. The van der Waals surface area contributed by atoms with E-state index in [1.807, 2.05) is 115 Å². The molecule has 0 aliphatic rings. The van der Waals surface area contributed by atoms with E-state index in [2.05, 4.69) is 42.5 Å². The molecule has 10 aromatic carbocycles. The van der Waals surface area contributed by atoms with Gasteiger partial charge in [0.2, 0.25) is 0 Å². The van der Waals surface area contributed by atoms with Gasteiger partial charge in [-0.25, -0.2) is 15.0 Å². The smallest absolute Gasteiger partial charge is 0.166 e. The number of para-hydroxylation sites is 3. The van der Waals surface area contributed by atoms with Crippen LogP contribution in [0.3, 0.4) is 0 Å². The Morgan fingerprint density at radius 3 is 1.56 bits per heavy atom. The molecule has 3 heterocycles. The van der Waals surface area contributed by atoms with Gasteiger partial charge in [0.05, 0.1) is 27.7 Å². The molecule has 13 aromatic rings. The second-order valence-corrected chi connectivity index (χ2v) is 15.3. The van der Waals surface area contributed by atoms with Crippen LogP contribution in [-0.2, 0) is 0 Å². The van der Waals surface area contributed by atoms with E-state index >= 15 is 0 Å². The minimum absolute atomic E-state index is 0.0183. The predicted molar refractivity (Wildman–Crippen MR) is 256 cm³/mol. The molecule has 0 unspecified atom stereocenters. The van der Waals surface area contributed by atoms with Gasteiger partial charge in [-0.1, -0.05) is 158 Å². The van der Waals surface area contributed by atoms with Gasteiger partial charge in [0, 0.05) is 38.2 Å². The van der Waals surface area contributed by atoms with Crippen molar-refractivity contribution >= 4 is 76.1 Å². The maximum Gasteiger partial charge on any atom is 0.166 e. The van der Waals surface area contributed by atoms with Gasteiger partial charge in [0.1, 0.15) is 11.2 Å². The van der Waals surface area contributed by atoms with Gasteiger partial charge in [-0.3, -0.25) is 0 Å². The largest absolute Gasteiger partial charge is 0.456 e. The van der Waals surface area contributed by atoms with Crippen molar-refractivity contribution in [2.75, 3.05) is 0 Å². The summed E-state index contributed by atoms with van der Waals surface area (Å²) in [5.41, 5.74) is 5.02. The molecule has 0 N–H and O–H groups in total. The van der Waals surface area contributed by atoms with Gasteiger partial charge in [-0.05, 0) is 91.9 Å². The molecule has 0 radical (unpaired) electrons. The molecule has 0 bridgehead atoms. The van der Waals surface area contributed by atoms with Crippen LogP contribution in [0.5, 0.6) is 0 Å². The Labute approximate surface area is 367 Å². The molecule has 5 heteroatoms. The van der Waals surface area contributed by atoms with Gasteiger partial charge in [0.25, 0.3) is 0 Å². The minimum atomic E-state index is -0.523. The zero-order chi connectivity index (χ0) is 47.7. The van der Waals surface area contributed by atoms with E-state index in [0.29, 0.717) is 39.6 Å². The van der Waals surface area contributed by atoms with E-state index in [1.165, 1.54) is 4.57 Å². The summed E-state index contributed by atoms with van der Waals surface area (Å²) < 4.78 is 80.4. The third-order valence-electron chi connectivity index (χ3n) is 11.9. The summed E-state index contributed by atoms with van der Waals surface area (Å²) in [6.07, 6.45) is 0. The molecule has 0 fully saturated rings. The first-order chi connectivity index (χ1) is 34.0. The number of rotatable bonds is 5. The molecule has 288 valence electrons. The number of furan rings is 1. The second-order valence-electron chi connectivity index (χ2n) is 15.3. The average molecular weight is 799 g/mol. The van der Waals surface area contributed by atoms with Gasteiger partial charge in [-0.15, -0.1) is 0 Å². The van der Waals surface area contributed by atoms with Gasteiger partial charge in [-0.2, -0.15) is 0 Å². The topological polar surface area (TPSA) is 56.7 Å². The maximum absolute atomic E-state index is 9.44. The average Bonchev–Trinajstić information content (AvgIpc) is 3.97. The van der Waals surface area contributed by atoms with E-state index in [1.54, 1.807) is 0 Å². The number of hydrogen-bond acceptors (Lipinski definition) is 4. The van der Waals surface area contributed by atoms with Crippen LogP contribution in [0.15, 0.2) is 210 Å². The van der Waals surface area contributed by atoms with Crippen LogP contribution < -0.4 is 0 Å². The van der Waals surface area contributed by atoms with E-state index in [4.69, 9.17) is 24.9 Å². The fourth-order valence-electron chi connectivity index (χ4n) is 9.04. The summed E-state index contributed by atoms with van der Waals surface area (Å²) in [5, 5.41) is 8.42. The van der Waals surface area contributed by atoms with E-state index in [-0.39, 0.29) is 27.6 Å². The Balaban J connectivity index is 1.14. The molecule has 0 amide bonds. The summed E-state index contributed by atoms with van der Waals surface area (Å²) in [6.45, 7) is 0. The molecular weight excluding hydrogens is 757 g/mol. The lowest BCUT2D eigenvalue weighted by Crippen LogP contribution is -2.04. The highest BCUT2D eigenvalue weighted by Gasteiger charge is 2.21. The fourth-order valence-corrected chi connectivity index (χ4v) is 9.04. The SMILES string of the molecule is [2H]c1c([2H])c([2H])c2c(c1[2H])c1c([2H])c([2H])c([2H])c([2H])c1n2-c1cc(-c2ccc3c4ccccc4c4ccccc4c3c2)ccc1-c1nc(-c2ccccc2)nc(-c2ccc3c(c2)oc2ccccc23)n1. The highest BCUT2D eigenvalue weighted by molar-refractivity contribution is 6.25. The lowest BCUT2D eigenvalue weighted by Gasteiger charge is -2.17. The van der Waals surface area contributed by atoms with Crippen molar-refractivity contribution in [1.29, 1.82) is 0 Å². The zero-order valence-electron chi connectivity index (χ0n) is 40.7. The van der Waals surface area contributed by atoms with Crippen molar-refractivity contribution in [3.63, 3.8) is 0 Å². The Morgan fingerprint density at radius 2 is 0.855 bits per heavy atom. The summed E-state index contributed by atoms with van der Waals surface area (Å²) in [5.74, 6) is 0.906. The molecule has 0 saturated carbocycles. The number of hydrogen-bond donors (Lipinski definition) is 0. The van der Waals surface area contributed by atoms with E-state index < -0.39 is 48.3 Å². The summed E-state index contributed by atoms with van der Waals surface area (Å²) in [7, 11) is 0. The third kappa shape index (κ3) is 5.32. The van der Waals surface area contributed by atoms with E-state index in [0.717, 1.165) is 59.8 Å². The minimum Gasteiger partial charge on any atom is -0.456 e. The summed E-state index contributed by atoms with van der Waals surface area (Å²) in [6, 6.07) is 48.1. The quantitative estimate of drug-likeness (QED) is 0.163. The van der Waals surface area contributed by atoms with Crippen LogP contribution >= 0.6 is 0 Å². The Morgan fingerprint density at radius 1 is 0.355 bits per heavy atom. The number of benzene rings is 10. The van der Waals surface area contributed by atoms with Crippen molar-refractivity contribution in [1.82, 2.24) is 19.5 Å². The predicted octanol–water partition coefficient (Wildman–Crippen LogP) is 15.0. The summed E-state index contributed by atoms with van der Waals surface area (Å²) >= 11 is 0. The fraction of sp³-hybridized carbons (Fsp3) is 0. The van der Waals surface area contributed by atoms with Crippen LogP contribution in [0, 0.1) is 0 Å². The van der Waals surface area contributed by atoms with Gasteiger partial charge < -0.3 is 8.98 Å². The monoisotopic (exact) mass is 798 g/mol. The Kier molecular flexibility index (Phi) is 5.99. The first kappa shape index (κ1) is 27.4. The van der Waals surface area contributed by atoms with Crippen LogP contribution in [0.4, 0.5) is 0 Å². The van der Waals surface area contributed by atoms with Crippen molar-refractivity contribution < 1.29 is 15.4 Å². The molecule has 0 spiro atoms. The molecule has 0 aliphatic carbocycles. The third-order valence-corrected chi connectivity index (χ3v) is 11.9. The number of aromatic nitrogens is 4. The van der Waals surface area contributed by atoms with E-state index in [9.17, 15) is 5.48 Å². The highest BCUT2D eigenvalue weighted by Crippen LogP contribution is 2.41. The Bertz CT molecular complexity index is 4300. The lowest BCUT2D eigenvalue weighted by molar-refractivity contribution is 0.669. The van der Waals surface area contributed by atoms with Crippen molar-refractivity contribution in [3.05, 3.63) is 206 Å². The van der Waals surface area contributed by atoms with Gasteiger partial charge in [0.15, 0.2) is 17.5 Å². The first-order valence-electron chi connectivity index (χ1n) is 24.3. The van der Waals surface area contributed by atoms with Crippen molar-refractivity contribution in [2.45, 2.75) is 0 Å². The van der Waals surface area contributed by atoms with Crippen molar-refractivity contribution in [3.8, 4) is 51.0 Å². The summed E-state index contributed by atoms with van der Waals surface area (Å²) in [4.78, 5) is 15.3. The number of fused-ring (bicyclic) bond motifs is 12. The zero-order valence-corrected chi connectivity index (χ0v) is 32.7. The highest BCUT2D eigenvalue weighted by atomic mass is 16.3. The van der Waals surface area contributed by atoms with Crippen LogP contribution in [-0.4, -0.2) is 19.5 Å². The molecule has 3 aromatic heterocycles. The Hall–Kier alpha value is -8.41. The molecule has 13 rings (SSSR count). The maximum atomic E-state index is 9.44. The van der Waals surface area contributed by atoms with Crippen LogP contribution in [0.1, 0.15) is 11.0 Å². The molecular formula is C57H34N4O. The standard InChI is InChI=1S/C57H34N4O/c1-2-14-35(15-3-1)55-58-56(38-28-30-47-46-22-10-13-25-53(46)62-54(47)34-38)60-57(59-55)48-31-27-37(33-52(48)61-50-23-11-8-20-44(50)45-21-9-12-24-51(45)61)36-26-29-43-41-18-5-4-16-39(41)40-17-6-7-19-42(40)49(43)32-36/h1-34H/i8D,9D,11D,12D,20D,21D,23D,24D. The molecule has 0 aliphatic heterocycles. The normalized spacial score (nSPS) is 13.7. The molecule has 0 saturated heterocycles. The molecule has 62 heavy (non-hydrogen) atoms. The second kappa shape index (κ2) is 13.6. The lowest BCUT2D eigenvalue weighted by atomic mass is 9.91. The van der Waals surface area contributed by atoms with Gasteiger partial charge >= 0.3 is 0 Å². The van der Waals surface area contributed by atoms with Crippen molar-refractivity contribution in [2.24, 2.45) is 0 Å². The first-order valence-corrected chi connectivity index (χ1v) is 20.3.